The molecule has 1 spiro atoms. The van der Waals surface area contributed by atoms with Crippen LogP contribution in [0.5, 0.6) is 0 Å². The molecule has 0 radical (unpaired) electrons. The first-order valence-electron chi connectivity index (χ1n) is 16.9. The summed E-state index contributed by atoms with van der Waals surface area (Å²) in [5.74, 6) is -3.45. The van der Waals surface area contributed by atoms with E-state index in [1.54, 1.807) is 24.0 Å². The number of aliphatic hydroxyl groups excluding tert-OH is 1. The van der Waals surface area contributed by atoms with Crippen molar-refractivity contribution in [3.05, 3.63) is 61.2 Å². The van der Waals surface area contributed by atoms with Gasteiger partial charge in [-0.05, 0) is 38.2 Å². The summed E-state index contributed by atoms with van der Waals surface area (Å²) in [6.45, 7) is 13.7. The lowest BCUT2D eigenvalue weighted by molar-refractivity contribution is -0.162. The highest BCUT2D eigenvalue weighted by molar-refractivity contribution is 9.09. The zero-order valence-corrected chi connectivity index (χ0v) is 29.4. The molecule has 3 aliphatic rings. The summed E-state index contributed by atoms with van der Waals surface area (Å²) in [5.41, 5.74) is -0.589. The molecule has 0 aliphatic carbocycles. The monoisotopic (exact) mass is 715 g/mol. The van der Waals surface area contributed by atoms with Crippen molar-refractivity contribution in [2.24, 2.45) is 11.8 Å². The Morgan fingerprint density at radius 2 is 1.94 bits per heavy atom. The van der Waals surface area contributed by atoms with Crippen molar-refractivity contribution >= 4 is 39.6 Å². The summed E-state index contributed by atoms with van der Waals surface area (Å²) in [7, 11) is 0. The molecule has 258 valence electrons. The molecule has 3 fully saturated rings. The molecular weight excluding hydrogens is 666 g/mol. The smallest absolute Gasteiger partial charge is 0.313 e. The Morgan fingerprint density at radius 3 is 2.55 bits per heavy atom. The second kappa shape index (κ2) is 16.4. The lowest BCUT2D eigenvalue weighted by atomic mass is 9.70. The van der Waals surface area contributed by atoms with Gasteiger partial charge in [-0.2, -0.15) is 0 Å². The summed E-state index contributed by atoms with van der Waals surface area (Å²) in [6, 6.07) is 6.94. The molecule has 3 saturated heterocycles. The summed E-state index contributed by atoms with van der Waals surface area (Å²) >= 11 is 3.72. The number of rotatable bonds is 18. The normalized spacial score (nSPS) is 27.9. The third-order valence-corrected chi connectivity index (χ3v) is 10.6. The molecule has 3 aliphatic heterocycles. The third kappa shape index (κ3) is 7.37. The molecule has 47 heavy (non-hydrogen) atoms. The van der Waals surface area contributed by atoms with E-state index in [-0.39, 0.29) is 35.6 Å². The van der Waals surface area contributed by atoms with Gasteiger partial charge in [0.05, 0.1) is 36.6 Å². The van der Waals surface area contributed by atoms with E-state index in [2.05, 4.69) is 41.3 Å². The maximum absolute atomic E-state index is 14.5. The van der Waals surface area contributed by atoms with Crippen molar-refractivity contribution < 1.29 is 33.8 Å². The van der Waals surface area contributed by atoms with Crippen molar-refractivity contribution in [2.45, 2.75) is 106 Å². The highest BCUT2D eigenvalue weighted by Gasteiger charge is 2.77. The van der Waals surface area contributed by atoms with Crippen LogP contribution in [-0.2, 0) is 28.7 Å². The van der Waals surface area contributed by atoms with E-state index in [1.807, 2.05) is 37.3 Å². The topological polar surface area (TPSA) is 125 Å². The fraction of sp³-hybridized carbons (Fsp3) is 0.611. The Balaban J connectivity index is 1.70. The Morgan fingerprint density at radius 1 is 1.21 bits per heavy atom. The molecule has 4 rings (SSSR count). The van der Waals surface area contributed by atoms with Gasteiger partial charge in [-0.15, -0.1) is 13.2 Å². The molecule has 3 heterocycles. The van der Waals surface area contributed by atoms with Crippen LogP contribution in [0.2, 0.25) is 0 Å². The molecule has 10 nitrogen and oxygen atoms in total. The molecular formula is C36H50BrN3O7. The zero-order chi connectivity index (χ0) is 34.3. The Hall–Kier alpha value is -3.02. The summed E-state index contributed by atoms with van der Waals surface area (Å²) in [6.07, 6.45) is 6.06. The van der Waals surface area contributed by atoms with Crippen LogP contribution in [0.4, 0.5) is 0 Å². The van der Waals surface area contributed by atoms with Crippen molar-refractivity contribution in [2.75, 3.05) is 19.7 Å². The molecule has 11 heteroatoms. The van der Waals surface area contributed by atoms with Gasteiger partial charge in [0.25, 0.3) is 0 Å². The van der Waals surface area contributed by atoms with Gasteiger partial charge < -0.3 is 29.7 Å². The minimum absolute atomic E-state index is 0.197. The van der Waals surface area contributed by atoms with Crippen LogP contribution >= 0.6 is 15.9 Å². The van der Waals surface area contributed by atoms with Gasteiger partial charge in [0.15, 0.2) is 0 Å². The zero-order valence-electron chi connectivity index (χ0n) is 27.8. The van der Waals surface area contributed by atoms with E-state index in [9.17, 15) is 24.3 Å². The Bertz CT molecular complexity index is 1290. The SMILES string of the molecule is C=CCCC(=O)N[C@H](C)[C@@H](OC(=O)[C@H]1[C@@H]2O[C@@]3(CC2Br)[C@@H]1C(=O)N([C@@H](CC)CO)[C@@H]3C(=O)N(CC=C)CCCCC)c1ccccc1. The second-order valence-corrected chi connectivity index (χ2v) is 14.1. The number of nitrogens with zero attached hydrogens (tertiary/aromatic N) is 2. The lowest BCUT2D eigenvalue weighted by Crippen LogP contribution is -2.59. The molecule has 1 aromatic carbocycles. The van der Waals surface area contributed by atoms with Crippen molar-refractivity contribution in [1.82, 2.24) is 15.1 Å². The number of fused-ring (bicyclic) bond motifs is 1. The van der Waals surface area contributed by atoms with Gasteiger partial charge in [-0.3, -0.25) is 19.2 Å². The van der Waals surface area contributed by atoms with Gasteiger partial charge in [-0.1, -0.05) is 85.1 Å². The number of halogens is 1. The fourth-order valence-corrected chi connectivity index (χ4v) is 8.48. The van der Waals surface area contributed by atoms with Crippen LogP contribution in [0, 0.1) is 11.8 Å². The predicted octanol–water partition coefficient (Wildman–Crippen LogP) is 4.47. The van der Waals surface area contributed by atoms with Crippen molar-refractivity contribution in [3.63, 3.8) is 0 Å². The largest absolute Gasteiger partial charge is 0.455 e. The number of benzene rings is 1. The Labute approximate surface area is 287 Å². The number of unbranched alkanes of at least 4 members (excludes halogenated alkanes) is 2. The van der Waals surface area contributed by atoms with Gasteiger partial charge in [0.1, 0.15) is 17.7 Å². The highest BCUT2D eigenvalue weighted by atomic mass is 79.9. The number of amides is 3. The third-order valence-electron chi connectivity index (χ3n) is 9.79. The minimum Gasteiger partial charge on any atom is -0.455 e. The van der Waals surface area contributed by atoms with E-state index in [4.69, 9.17) is 9.47 Å². The molecule has 1 aromatic rings. The number of alkyl halides is 1. The summed E-state index contributed by atoms with van der Waals surface area (Å²) in [5, 5.41) is 13.3. The van der Waals surface area contributed by atoms with Gasteiger partial charge in [0, 0.05) is 24.3 Å². The number of ether oxygens (including phenoxy) is 2. The first-order chi connectivity index (χ1) is 22.6. The lowest BCUT2D eigenvalue weighted by Gasteiger charge is -2.39. The van der Waals surface area contributed by atoms with Crippen LogP contribution in [0.3, 0.4) is 0 Å². The summed E-state index contributed by atoms with van der Waals surface area (Å²) in [4.78, 5) is 58.9. The van der Waals surface area contributed by atoms with Crippen LogP contribution in [0.1, 0.15) is 77.4 Å². The molecule has 2 bridgehead atoms. The van der Waals surface area contributed by atoms with Crippen LogP contribution < -0.4 is 5.32 Å². The number of allylic oxidation sites excluding steroid dienone is 1. The first-order valence-corrected chi connectivity index (χ1v) is 17.8. The number of carbonyl (C=O) groups excluding carboxylic acids is 4. The average Bonchev–Trinajstić information content (AvgIpc) is 3.66. The van der Waals surface area contributed by atoms with E-state index in [0.29, 0.717) is 37.9 Å². The van der Waals surface area contributed by atoms with Crippen molar-refractivity contribution in [1.29, 1.82) is 0 Å². The number of likely N-dealkylation sites (tertiary alicyclic amines) is 1. The van der Waals surface area contributed by atoms with E-state index in [1.165, 1.54) is 4.90 Å². The molecule has 0 aromatic heterocycles. The quantitative estimate of drug-likeness (QED) is 0.0995. The summed E-state index contributed by atoms with van der Waals surface area (Å²) < 4.78 is 12.9. The van der Waals surface area contributed by atoms with Crippen LogP contribution in [-0.4, -0.2) is 93.0 Å². The van der Waals surface area contributed by atoms with E-state index < -0.39 is 53.7 Å². The number of hydrogen-bond acceptors (Lipinski definition) is 7. The highest BCUT2D eigenvalue weighted by Crippen LogP contribution is 2.61. The molecule has 2 N–H and O–H groups in total. The average molecular weight is 717 g/mol. The molecule has 0 saturated carbocycles. The van der Waals surface area contributed by atoms with E-state index >= 15 is 0 Å². The molecule has 3 amide bonds. The minimum atomic E-state index is -1.28. The maximum atomic E-state index is 14.5. The Kier molecular flexibility index (Phi) is 12.8. The predicted molar refractivity (Wildman–Crippen MR) is 182 cm³/mol. The van der Waals surface area contributed by atoms with Gasteiger partial charge in [-0.25, -0.2) is 0 Å². The van der Waals surface area contributed by atoms with Gasteiger partial charge in [0.2, 0.25) is 17.7 Å². The standard InChI is InChI=1S/C36H50BrN3O7/c1-6-10-15-20-39(19-8-3)34(44)32-36-21-26(37)31(47-36)28(29(36)33(43)40(32)25(9-4)22-41)35(45)46-30(24-16-13-12-14-17-24)23(5)38-27(42)18-11-7-2/h7-8,12-14,16-17,23,25-26,28-32,41H,2-3,6,9-11,15,18-22H2,1,4-5H3,(H,38,42)/t23-,25+,26?,28-,29+,30-,31-,32-,36+/m1/s1. The molecule has 1 unspecified atom stereocenters. The number of esters is 1. The number of nitrogens with one attached hydrogen (secondary N) is 1. The second-order valence-electron chi connectivity index (χ2n) is 12.9. The van der Waals surface area contributed by atoms with Crippen LogP contribution in [0.15, 0.2) is 55.6 Å². The van der Waals surface area contributed by atoms with Gasteiger partial charge >= 0.3 is 5.97 Å². The first kappa shape index (κ1) is 36.8. The number of aliphatic hydroxyl groups is 1. The number of carbonyl (C=O) groups is 4. The van der Waals surface area contributed by atoms with E-state index in [0.717, 1.165) is 19.3 Å². The molecule has 9 atom stereocenters. The van der Waals surface area contributed by atoms with Crippen LogP contribution in [0.25, 0.3) is 0 Å². The fourth-order valence-electron chi connectivity index (χ4n) is 7.54. The maximum Gasteiger partial charge on any atom is 0.313 e. The van der Waals surface area contributed by atoms with Crippen molar-refractivity contribution in [3.8, 4) is 0 Å². The number of hydrogen-bond donors (Lipinski definition) is 2.